The molecular weight excluding hydrogens is 394 g/mol. The maximum absolute atomic E-state index is 13.0. The Bertz CT molecular complexity index is 931. The van der Waals surface area contributed by atoms with Crippen LogP contribution in [0.4, 0.5) is 0 Å². The van der Waals surface area contributed by atoms with Crippen LogP contribution in [0.25, 0.3) is 10.2 Å². The predicted octanol–water partition coefficient (Wildman–Crippen LogP) is 3.75. The number of carbonyl (C=O) groups is 1. The molecule has 2 N–H and O–H groups in total. The first-order chi connectivity index (χ1) is 13.2. The third-order valence-corrected chi connectivity index (χ3v) is 7.45. The van der Waals surface area contributed by atoms with E-state index in [2.05, 4.69) is 15.0 Å². The molecule has 1 aliphatic rings. The van der Waals surface area contributed by atoms with E-state index >= 15 is 0 Å². The molecule has 28 heavy (non-hydrogen) atoms. The summed E-state index contributed by atoms with van der Waals surface area (Å²) in [5.74, 6) is -0.0321. The SMILES string of the molecule is Cc1nc2ccc(S(=O)(=O)N[C@@H](CC(C)C)C(=O)NC3CCCCC3)cc2s1. The molecule has 1 saturated carbocycles. The molecule has 1 atom stereocenters. The molecule has 3 rings (SSSR count). The van der Waals surface area contributed by atoms with Crippen molar-refractivity contribution in [1.29, 1.82) is 0 Å². The first kappa shape index (κ1) is 21.2. The Kier molecular flexibility index (Phi) is 6.73. The van der Waals surface area contributed by atoms with Crippen molar-refractivity contribution in [2.24, 2.45) is 5.92 Å². The average Bonchev–Trinajstić information content (AvgIpc) is 3.00. The lowest BCUT2D eigenvalue weighted by molar-refractivity contribution is -0.124. The van der Waals surface area contributed by atoms with Gasteiger partial charge in [0.05, 0.1) is 20.1 Å². The van der Waals surface area contributed by atoms with Crippen molar-refractivity contribution < 1.29 is 13.2 Å². The van der Waals surface area contributed by atoms with Crippen molar-refractivity contribution >= 4 is 37.5 Å². The van der Waals surface area contributed by atoms with E-state index in [0.717, 1.165) is 40.9 Å². The van der Waals surface area contributed by atoms with Gasteiger partial charge in [0.1, 0.15) is 6.04 Å². The van der Waals surface area contributed by atoms with Crippen molar-refractivity contribution in [3.63, 3.8) is 0 Å². The van der Waals surface area contributed by atoms with Gasteiger partial charge in [-0.2, -0.15) is 4.72 Å². The van der Waals surface area contributed by atoms with Crippen LogP contribution >= 0.6 is 11.3 Å². The standard InChI is InChI=1S/C20H29N3O3S2/c1-13(2)11-18(20(24)22-15-7-5-4-6-8-15)23-28(25,26)16-9-10-17-19(12-16)27-14(3)21-17/h9-10,12-13,15,18,23H,4-8,11H2,1-3H3,(H,22,24)/t18-/m0/s1. The number of sulfonamides is 1. The van der Waals surface area contributed by atoms with Crippen LogP contribution in [0.15, 0.2) is 23.1 Å². The number of nitrogens with zero attached hydrogens (tertiary/aromatic N) is 1. The Morgan fingerprint density at radius 3 is 2.64 bits per heavy atom. The number of aromatic nitrogens is 1. The van der Waals surface area contributed by atoms with Gasteiger partial charge in [0.2, 0.25) is 15.9 Å². The Labute approximate surface area is 171 Å². The van der Waals surface area contributed by atoms with Gasteiger partial charge in [0, 0.05) is 6.04 Å². The molecule has 2 aromatic rings. The van der Waals surface area contributed by atoms with Gasteiger partial charge in [-0.15, -0.1) is 11.3 Å². The molecule has 0 unspecified atom stereocenters. The van der Waals surface area contributed by atoms with Gasteiger partial charge < -0.3 is 5.32 Å². The van der Waals surface area contributed by atoms with E-state index in [0.29, 0.717) is 6.42 Å². The fourth-order valence-electron chi connectivity index (χ4n) is 3.67. The second-order valence-corrected chi connectivity index (χ2v) is 11.0. The highest BCUT2D eigenvalue weighted by molar-refractivity contribution is 7.89. The zero-order valence-corrected chi connectivity index (χ0v) is 18.3. The first-order valence-electron chi connectivity index (χ1n) is 9.94. The molecule has 0 spiro atoms. The predicted molar refractivity (Wildman–Crippen MR) is 113 cm³/mol. The molecule has 1 amide bonds. The molecule has 1 heterocycles. The number of rotatable bonds is 7. The minimum absolute atomic E-state index is 0.150. The summed E-state index contributed by atoms with van der Waals surface area (Å²) in [6.45, 7) is 5.87. The van der Waals surface area contributed by atoms with Crippen LogP contribution in [0.3, 0.4) is 0 Å². The van der Waals surface area contributed by atoms with Gasteiger partial charge in [-0.05, 0) is 50.3 Å². The highest BCUT2D eigenvalue weighted by Gasteiger charge is 2.28. The van der Waals surface area contributed by atoms with E-state index in [9.17, 15) is 13.2 Å². The molecule has 0 bridgehead atoms. The molecule has 154 valence electrons. The van der Waals surface area contributed by atoms with Crippen molar-refractivity contribution in [1.82, 2.24) is 15.0 Å². The highest BCUT2D eigenvalue weighted by Crippen LogP contribution is 2.25. The topological polar surface area (TPSA) is 88.2 Å². The van der Waals surface area contributed by atoms with Gasteiger partial charge in [-0.25, -0.2) is 13.4 Å². The van der Waals surface area contributed by atoms with E-state index in [1.165, 1.54) is 17.8 Å². The van der Waals surface area contributed by atoms with Crippen LogP contribution in [0.5, 0.6) is 0 Å². The molecule has 1 aromatic heterocycles. The highest BCUT2D eigenvalue weighted by atomic mass is 32.2. The van der Waals surface area contributed by atoms with Crippen LogP contribution in [-0.2, 0) is 14.8 Å². The summed E-state index contributed by atoms with van der Waals surface area (Å²) in [4.78, 5) is 17.4. The second kappa shape index (κ2) is 8.88. The number of benzene rings is 1. The van der Waals surface area contributed by atoms with Gasteiger partial charge in [-0.3, -0.25) is 4.79 Å². The van der Waals surface area contributed by atoms with E-state index in [1.807, 2.05) is 20.8 Å². The van der Waals surface area contributed by atoms with Crippen molar-refractivity contribution in [2.75, 3.05) is 0 Å². The molecule has 0 saturated heterocycles. The lowest BCUT2D eigenvalue weighted by Crippen LogP contribution is -2.50. The summed E-state index contributed by atoms with van der Waals surface area (Å²) in [7, 11) is -3.81. The van der Waals surface area contributed by atoms with Crippen molar-refractivity contribution in [3.05, 3.63) is 23.2 Å². The van der Waals surface area contributed by atoms with E-state index < -0.39 is 16.1 Å². The number of hydrogen-bond donors (Lipinski definition) is 2. The summed E-state index contributed by atoms with van der Waals surface area (Å²) < 4.78 is 29.4. The lowest BCUT2D eigenvalue weighted by atomic mass is 9.95. The van der Waals surface area contributed by atoms with Crippen LogP contribution in [0.1, 0.15) is 57.4 Å². The second-order valence-electron chi connectivity index (χ2n) is 8.01. The Hall–Kier alpha value is -1.51. The fraction of sp³-hybridized carbons (Fsp3) is 0.600. The Morgan fingerprint density at radius 1 is 1.25 bits per heavy atom. The average molecular weight is 424 g/mol. The molecule has 1 fully saturated rings. The first-order valence-corrected chi connectivity index (χ1v) is 12.2. The minimum atomic E-state index is -3.81. The Morgan fingerprint density at radius 2 is 1.96 bits per heavy atom. The third kappa shape index (κ3) is 5.30. The third-order valence-electron chi connectivity index (χ3n) is 5.05. The number of nitrogens with one attached hydrogen (secondary N) is 2. The van der Waals surface area contributed by atoms with Crippen LogP contribution in [-0.4, -0.2) is 31.4 Å². The van der Waals surface area contributed by atoms with Crippen LogP contribution in [0, 0.1) is 12.8 Å². The lowest BCUT2D eigenvalue weighted by Gasteiger charge is -2.26. The number of thiazole rings is 1. The molecule has 8 heteroatoms. The van der Waals surface area contributed by atoms with Crippen molar-refractivity contribution in [2.45, 2.75) is 76.3 Å². The summed E-state index contributed by atoms with van der Waals surface area (Å²) in [6, 6.07) is 4.28. The zero-order chi connectivity index (χ0) is 20.3. The van der Waals surface area contributed by atoms with Crippen LogP contribution < -0.4 is 10.0 Å². The minimum Gasteiger partial charge on any atom is -0.352 e. The quantitative estimate of drug-likeness (QED) is 0.710. The summed E-state index contributed by atoms with van der Waals surface area (Å²) in [6.07, 6.45) is 5.82. The molecule has 1 aromatic carbocycles. The number of aryl methyl sites for hydroxylation is 1. The van der Waals surface area contributed by atoms with Gasteiger partial charge in [0.15, 0.2) is 0 Å². The largest absolute Gasteiger partial charge is 0.352 e. The number of fused-ring (bicyclic) bond motifs is 1. The molecule has 0 radical (unpaired) electrons. The normalized spacial score (nSPS) is 17.1. The summed E-state index contributed by atoms with van der Waals surface area (Å²) >= 11 is 1.46. The molecule has 0 aliphatic heterocycles. The number of amides is 1. The van der Waals surface area contributed by atoms with E-state index in [-0.39, 0.29) is 22.8 Å². The zero-order valence-electron chi connectivity index (χ0n) is 16.7. The van der Waals surface area contributed by atoms with Gasteiger partial charge in [-0.1, -0.05) is 33.1 Å². The van der Waals surface area contributed by atoms with E-state index in [1.54, 1.807) is 18.2 Å². The number of hydrogen-bond acceptors (Lipinski definition) is 5. The van der Waals surface area contributed by atoms with Gasteiger partial charge >= 0.3 is 0 Å². The maximum atomic E-state index is 13.0. The fourth-order valence-corrected chi connectivity index (χ4v) is 5.85. The smallest absolute Gasteiger partial charge is 0.241 e. The Balaban J connectivity index is 1.78. The van der Waals surface area contributed by atoms with E-state index in [4.69, 9.17) is 0 Å². The maximum Gasteiger partial charge on any atom is 0.241 e. The summed E-state index contributed by atoms with van der Waals surface area (Å²) in [5, 5.41) is 3.95. The van der Waals surface area contributed by atoms with Gasteiger partial charge in [0.25, 0.3) is 0 Å². The number of carbonyl (C=O) groups excluding carboxylic acids is 1. The van der Waals surface area contributed by atoms with Crippen molar-refractivity contribution in [3.8, 4) is 0 Å². The molecule has 1 aliphatic carbocycles. The molecular formula is C20H29N3O3S2. The van der Waals surface area contributed by atoms with Crippen LogP contribution in [0.2, 0.25) is 0 Å². The monoisotopic (exact) mass is 423 g/mol. The molecule has 6 nitrogen and oxygen atoms in total. The summed E-state index contributed by atoms with van der Waals surface area (Å²) in [5.41, 5.74) is 0.787.